The Morgan fingerprint density at radius 3 is 2.24 bits per heavy atom. The van der Waals surface area contributed by atoms with E-state index in [1.165, 1.54) is 24.5 Å². The summed E-state index contributed by atoms with van der Waals surface area (Å²) in [5, 5.41) is 0. The molecular weight excluding hydrogens is 260 g/mol. The molecule has 0 heterocycles. The fourth-order valence-electron chi connectivity index (χ4n) is 2.03. The first-order valence-corrected chi connectivity index (χ1v) is 7.86. The minimum Gasteiger partial charge on any atom is -0.463 e. The zero-order valence-electron chi connectivity index (χ0n) is 14.1. The first kappa shape index (κ1) is 19.4. The van der Waals surface area contributed by atoms with Gasteiger partial charge in [-0.3, -0.25) is 0 Å². The molecule has 0 aromatic carbocycles. The quantitative estimate of drug-likeness (QED) is 0.330. The van der Waals surface area contributed by atoms with E-state index in [0.717, 1.165) is 5.92 Å². The number of carbonyl (C=O) groups is 1. The highest BCUT2D eigenvalue weighted by atomic mass is 16.5. The van der Waals surface area contributed by atoms with Crippen LogP contribution in [0.1, 0.15) is 47.5 Å². The van der Waals surface area contributed by atoms with Crippen LogP contribution in [0.3, 0.4) is 0 Å². The molecule has 2 heteroatoms. The number of allylic oxidation sites excluding steroid dienone is 7. The fourth-order valence-corrected chi connectivity index (χ4v) is 2.03. The van der Waals surface area contributed by atoms with Crippen LogP contribution in [0.2, 0.25) is 0 Å². The predicted octanol–water partition coefficient (Wildman–Crippen LogP) is 5.24. The Bertz CT molecular complexity index is 400. The maximum absolute atomic E-state index is 11.0. The second-order valence-electron chi connectivity index (χ2n) is 5.49. The van der Waals surface area contributed by atoms with Crippen molar-refractivity contribution in [3.63, 3.8) is 0 Å². The minimum atomic E-state index is -0.305. The van der Waals surface area contributed by atoms with Crippen molar-refractivity contribution < 1.29 is 9.53 Å². The molecule has 0 bridgehead atoms. The van der Waals surface area contributed by atoms with Crippen LogP contribution in [-0.2, 0) is 9.53 Å². The predicted molar refractivity (Wildman–Crippen MR) is 91.0 cm³/mol. The second-order valence-corrected chi connectivity index (χ2v) is 5.49. The Kier molecular flexibility index (Phi) is 11.3. The van der Waals surface area contributed by atoms with E-state index in [1.54, 1.807) is 13.0 Å². The van der Waals surface area contributed by atoms with Gasteiger partial charge >= 0.3 is 5.97 Å². The first-order chi connectivity index (χ1) is 9.99. The van der Waals surface area contributed by atoms with Gasteiger partial charge in [0.15, 0.2) is 0 Å². The average Bonchev–Trinajstić information content (AvgIpc) is 2.42. The lowest BCUT2D eigenvalue weighted by Crippen LogP contribution is -1.99. The maximum atomic E-state index is 11.0. The highest BCUT2D eigenvalue weighted by Crippen LogP contribution is 2.17. The summed E-state index contributed by atoms with van der Waals surface area (Å²) in [6.45, 7) is 11.1. The molecule has 0 N–H and O–H groups in total. The van der Waals surface area contributed by atoms with E-state index >= 15 is 0 Å². The van der Waals surface area contributed by atoms with Crippen LogP contribution >= 0.6 is 0 Å². The van der Waals surface area contributed by atoms with Crippen molar-refractivity contribution in [1.82, 2.24) is 0 Å². The number of esters is 1. The zero-order chi connectivity index (χ0) is 16.1. The van der Waals surface area contributed by atoms with E-state index < -0.39 is 0 Å². The van der Waals surface area contributed by atoms with Crippen molar-refractivity contribution in [1.29, 1.82) is 0 Å². The van der Waals surface area contributed by atoms with E-state index in [2.05, 4.69) is 39.8 Å². The summed E-state index contributed by atoms with van der Waals surface area (Å²) in [6, 6.07) is 0. The summed E-state index contributed by atoms with van der Waals surface area (Å²) in [5.74, 6) is 1.08. The SMILES string of the molecule is CCOC(=O)/C=C/C=C/C=C/C(C)=C/[C@@H](C)C[C@@H](C)CC. The summed E-state index contributed by atoms with van der Waals surface area (Å²) in [5.41, 5.74) is 1.27. The topological polar surface area (TPSA) is 26.3 Å². The summed E-state index contributed by atoms with van der Waals surface area (Å²) in [7, 11) is 0. The third kappa shape index (κ3) is 11.9. The summed E-state index contributed by atoms with van der Waals surface area (Å²) < 4.78 is 4.78. The molecule has 0 aromatic rings. The van der Waals surface area contributed by atoms with Crippen LogP contribution in [-0.4, -0.2) is 12.6 Å². The second kappa shape index (κ2) is 12.2. The van der Waals surface area contributed by atoms with Gasteiger partial charge in [-0.1, -0.05) is 69.2 Å². The number of hydrogen-bond donors (Lipinski definition) is 0. The van der Waals surface area contributed by atoms with Gasteiger partial charge in [-0.2, -0.15) is 0 Å². The van der Waals surface area contributed by atoms with Gasteiger partial charge in [0, 0.05) is 6.08 Å². The van der Waals surface area contributed by atoms with Crippen molar-refractivity contribution in [3.05, 3.63) is 48.1 Å². The van der Waals surface area contributed by atoms with Gasteiger partial charge in [0.1, 0.15) is 0 Å². The monoisotopic (exact) mass is 290 g/mol. The van der Waals surface area contributed by atoms with Gasteiger partial charge < -0.3 is 4.74 Å². The van der Waals surface area contributed by atoms with Gasteiger partial charge in [-0.05, 0) is 32.1 Å². The van der Waals surface area contributed by atoms with Gasteiger partial charge in [0.05, 0.1) is 6.61 Å². The van der Waals surface area contributed by atoms with Crippen molar-refractivity contribution >= 4 is 5.97 Å². The average molecular weight is 290 g/mol. The van der Waals surface area contributed by atoms with Crippen molar-refractivity contribution in [2.45, 2.75) is 47.5 Å². The molecule has 0 aromatic heterocycles. The van der Waals surface area contributed by atoms with Gasteiger partial charge in [0.25, 0.3) is 0 Å². The molecule has 0 saturated heterocycles. The van der Waals surface area contributed by atoms with Crippen LogP contribution in [0.5, 0.6) is 0 Å². The van der Waals surface area contributed by atoms with Crippen LogP contribution in [0.15, 0.2) is 48.1 Å². The highest BCUT2D eigenvalue weighted by Gasteiger charge is 2.04. The third-order valence-electron chi connectivity index (χ3n) is 3.23. The molecule has 2 nitrogen and oxygen atoms in total. The van der Waals surface area contributed by atoms with E-state index in [1.807, 2.05) is 18.2 Å². The number of ether oxygens (including phenoxy) is 1. The van der Waals surface area contributed by atoms with E-state index in [0.29, 0.717) is 12.5 Å². The highest BCUT2D eigenvalue weighted by molar-refractivity contribution is 5.82. The Morgan fingerprint density at radius 1 is 1.05 bits per heavy atom. The molecule has 0 rings (SSSR count). The van der Waals surface area contributed by atoms with Crippen molar-refractivity contribution in [2.24, 2.45) is 11.8 Å². The van der Waals surface area contributed by atoms with Crippen molar-refractivity contribution in [2.75, 3.05) is 6.61 Å². The molecule has 0 aliphatic carbocycles. The smallest absolute Gasteiger partial charge is 0.330 e. The van der Waals surface area contributed by atoms with E-state index in [-0.39, 0.29) is 5.97 Å². The number of carbonyl (C=O) groups excluding carboxylic acids is 1. The molecule has 0 fully saturated rings. The number of hydrogen-bond acceptors (Lipinski definition) is 2. The Labute approximate surface area is 130 Å². The summed E-state index contributed by atoms with van der Waals surface area (Å²) in [6.07, 6.45) is 15.7. The van der Waals surface area contributed by atoms with Gasteiger partial charge in [0.2, 0.25) is 0 Å². The normalized spacial score (nSPS) is 16.0. The lowest BCUT2D eigenvalue weighted by atomic mass is 9.94. The third-order valence-corrected chi connectivity index (χ3v) is 3.23. The van der Waals surface area contributed by atoms with Crippen LogP contribution in [0, 0.1) is 11.8 Å². The molecule has 0 spiro atoms. The lowest BCUT2D eigenvalue weighted by Gasteiger charge is -2.12. The van der Waals surface area contributed by atoms with Crippen LogP contribution < -0.4 is 0 Å². The molecule has 118 valence electrons. The molecule has 2 atom stereocenters. The van der Waals surface area contributed by atoms with E-state index in [4.69, 9.17) is 4.74 Å². The van der Waals surface area contributed by atoms with Gasteiger partial charge in [-0.25, -0.2) is 4.79 Å². The number of rotatable bonds is 9. The van der Waals surface area contributed by atoms with Gasteiger partial charge in [-0.15, -0.1) is 0 Å². The molecule has 0 aliphatic rings. The Balaban J connectivity index is 4.19. The van der Waals surface area contributed by atoms with Crippen molar-refractivity contribution in [3.8, 4) is 0 Å². The van der Waals surface area contributed by atoms with Crippen LogP contribution in [0.25, 0.3) is 0 Å². The van der Waals surface area contributed by atoms with Crippen LogP contribution in [0.4, 0.5) is 0 Å². The molecule has 0 radical (unpaired) electrons. The Morgan fingerprint density at radius 2 is 1.67 bits per heavy atom. The Hall–Kier alpha value is -1.57. The molecule has 0 aliphatic heterocycles. The molecule has 21 heavy (non-hydrogen) atoms. The largest absolute Gasteiger partial charge is 0.463 e. The molecule has 0 unspecified atom stereocenters. The standard InChI is InChI=1S/C19H30O2/c1-6-16(3)14-18(5)15-17(4)12-10-8-9-11-13-19(20)21-7-2/h8-13,15-16,18H,6-7,14H2,1-5H3/b9-8+,12-10+,13-11+,17-15+/t16-,18-/m0/s1. The first-order valence-electron chi connectivity index (χ1n) is 7.86. The fraction of sp³-hybridized carbons (Fsp3) is 0.526. The zero-order valence-corrected chi connectivity index (χ0v) is 14.1. The maximum Gasteiger partial charge on any atom is 0.330 e. The van der Waals surface area contributed by atoms with E-state index in [9.17, 15) is 4.79 Å². The molecule has 0 amide bonds. The minimum absolute atomic E-state index is 0.305. The molecular formula is C19H30O2. The summed E-state index contributed by atoms with van der Waals surface area (Å²) in [4.78, 5) is 11.0. The summed E-state index contributed by atoms with van der Waals surface area (Å²) >= 11 is 0. The molecule has 0 saturated carbocycles. The lowest BCUT2D eigenvalue weighted by molar-refractivity contribution is -0.137.